The van der Waals surface area contributed by atoms with Gasteiger partial charge in [0.15, 0.2) is 0 Å². The van der Waals surface area contributed by atoms with E-state index in [-0.39, 0.29) is 12.0 Å². The van der Waals surface area contributed by atoms with Gasteiger partial charge in [-0.25, -0.2) is 10.7 Å². The Hall–Kier alpha value is -1.76. The van der Waals surface area contributed by atoms with Gasteiger partial charge in [0.05, 0.1) is 22.7 Å². The van der Waals surface area contributed by atoms with Crippen LogP contribution in [-0.2, 0) is 24.3 Å². The lowest BCUT2D eigenvalue weighted by Gasteiger charge is -2.29. The number of hydrogen-bond donors (Lipinski definition) is 2. The molecule has 3 rings (SSSR count). The largest absolute Gasteiger partial charge is 0.478 e. The molecule has 1 aliphatic rings. The number of aromatic carboxylic acids is 1. The van der Waals surface area contributed by atoms with Crippen LogP contribution in [0.25, 0.3) is 10.6 Å². The van der Waals surface area contributed by atoms with Crippen LogP contribution in [0.5, 0.6) is 0 Å². The molecule has 0 saturated carbocycles. The van der Waals surface area contributed by atoms with Gasteiger partial charge in [0.1, 0.15) is 0 Å². The van der Waals surface area contributed by atoms with Gasteiger partial charge < -0.3 is 5.11 Å². The van der Waals surface area contributed by atoms with Crippen molar-refractivity contribution in [3.05, 3.63) is 39.9 Å². The predicted octanol–water partition coefficient (Wildman–Crippen LogP) is 3.41. The summed E-state index contributed by atoms with van der Waals surface area (Å²) in [6, 6.07) is 3.67. The van der Waals surface area contributed by atoms with E-state index in [4.69, 9.17) is 10.7 Å². The summed E-state index contributed by atoms with van der Waals surface area (Å²) in [5.41, 5.74) is 2.96. The molecule has 0 amide bonds. The normalized spacial score (nSPS) is 16.1. The molecule has 2 heterocycles. The fourth-order valence-electron chi connectivity index (χ4n) is 3.16. The van der Waals surface area contributed by atoms with Gasteiger partial charge in [-0.05, 0) is 36.3 Å². The predicted molar refractivity (Wildman–Crippen MR) is 89.3 cm³/mol. The molecule has 0 aromatic carbocycles. The van der Waals surface area contributed by atoms with Crippen LogP contribution in [0.15, 0.2) is 18.3 Å². The maximum absolute atomic E-state index is 11.9. The average Bonchev–Trinajstić information content (AvgIpc) is 2.85. The van der Waals surface area contributed by atoms with Gasteiger partial charge in [0.2, 0.25) is 0 Å². The van der Waals surface area contributed by atoms with Crippen LogP contribution in [0.2, 0.25) is 0 Å². The molecule has 0 aliphatic heterocycles. The van der Waals surface area contributed by atoms with Gasteiger partial charge in [-0.15, -0.1) is 11.3 Å². The number of thiophene rings is 1. The van der Waals surface area contributed by atoms with Crippen molar-refractivity contribution < 1.29 is 14.7 Å². The zero-order chi connectivity index (χ0) is 16.6. The van der Waals surface area contributed by atoms with Gasteiger partial charge in [-0.1, -0.05) is 19.9 Å². The number of carbonyl (C=O) groups is 1. The molecule has 0 saturated heterocycles. The molecule has 2 aromatic heterocycles. The Morgan fingerprint density at radius 2 is 2.30 bits per heavy atom. The Kier molecular flexibility index (Phi) is 4.23. The minimum atomic E-state index is -0.888. The van der Waals surface area contributed by atoms with E-state index >= 15 is 0 Å². The first-order valence-corrected chi connectivity index (χ1v) is 8.38. The van der Waals surface area contributed by atoms with Gasteiger partial charge in [-0.3, -0.25) is 9.82 Å². The third-order valence-electron chi connectivity index (χ3n) is 4.33. The highest BCUT2D eigenvalue weighted by molar-refractivity contribution is 7.16. The zero-order valence-corrected chi connectivity index (χ0v) is 14.1. The number of rotatable bonds is 4. The van der Waals surface area contributed by atoms with E-state index in [1.807, 2.05) is 6.07 Å². The Balaban J connectivity index is 2.18. The Labute approximate surface area is 139 Å². The van der Waals surface area contributed by atoms with E-state index < -0.39 is 5.97 Å². The summed E-state index contributed by atoms with van der Waals surface area (Å²) in [7, 11) is 0. The highest BCUT2D eigenvalue weighted by atomic mass is 32.1. The quantitative estimate of drug-likeness (QED) is 0.838. The molecule has 0 atom stereocenters. The number of nitrogens with two attached hydrogens (primary N) is 1. The van der Waals surface area contributed by atoms with Crippen LogP contribution in [0.1, 0.15) is 46.6 Å². The topological polar surface area (TPSA) is 85.4 Å². The minimum Gasteiger partial charge on any atom is -0.478 e. The molecule has 0 unspecified atom stereocenters. The van der Waals surface area contributed by atoms with Gasteiger partial charge in [0.25, 0.3) is 0 Å². The Bertz CT molecular complexity index is 752. The van der Waals surface area contributed by atoms with Crippen LogP contribution in [-0.4, -0.2) is 16.1 Å². The maximum Gasteiger partial charge on any atom is 0.337 e. The third-order valence-corrected chi connectivity index (χ3v) is 5.63. The Morgan fingerprint density at radius 1 is 1.52 bits per heavy atom. The summed E-state index contributed by atoms with van der Waals surface area (Å²) in [5, 5.41) is 9.79. The van der Waals surface area contributed by atoms with E-state index in [1.54, 1.807) is 23.6 Å². The molecule has 122 valence electrons. The summed E-state index contributed by atoms with van der Waals surface area (Å²) in [6.07, 6.45) is 4.45. The number of fused-ring (bicyclic) bond motifs is 1. The van der Waals surface area contributed by atoms with Crippen molar-refractivity contribution in [2.45, 2.75) is 39.7 Å². The molecule has 2 aromatic rings. The number of carboxylic acids is 1. The Morgan fingerprint density at radius 3 is 3.00 bits per heavy atom. The number of hydrogen-bond acceptors (Lipinski definition) is 5. The smallest absolute Gasteiger partial charge is 0.337 e. The third kappa shape index (κ3) is 3.02. The van der Waals surface area contributed by atoms with E-state index in [0.717, 1.165) is 30.4 Å². The summed E-state index contributed by atoms with van der Waals surface area (Å²) < 4.78 is 0. The molecule has 0 spiro atoms. The van der Waals surface area contributed by atoms with Crippen molar-refractivity contribution >= 4 is 17.3 Å². The van der Waals surface area contributed by atoms with Gasteiger partial charge in [-0.2, -0.15) is 0 Å². The molecule has 23 heavy (non-hydrogen) atoms. The molecular weight excluding hydrogens is 312 g/mol. The first-order chi connectivity index (χ1) is 10.9. The van der Waals surface area contributed by atoms with Gasteiger partial charge >= 0.3 is 5.97 Å². The van der Waals surface area contributed by atoms with Crippen LogP contribution in [0.3, 0.4) is 0 Å². The molecule has 6 heteroatoms. The van der Waals surface area contributed by atoms with Gasteiger partial charge in [0, 0.05) is 16.6 Å². The maximum atomic E-state index is 11.9. The second-order valence-electron chi connectivity index (χ2n) is 6.68. The van der Waals surface area contributed by atoms with E-state index in [2.05, 4.69) is 18.8 Å². The molecule has 1 aliphatic carbocycles. The lowest BCUT2D eigenvalue weighted by molar-refractivity contribution is 0.0696. The van der Waals surface area contributed by atoms with Crippen molar-refractivity contribution in [2.75, 3.05) is 0 Å². The minimum absolute atomic E-state index is 0.128. The van der Waals surface area contributed by atoms with Crippen molar-refractivity contribution in [1.82, 2.24) is 4.98 Å². The first-order valence-electron chi connectivity index (χ1n) is 7.57. The second-order valence-corrected chi connectivity index (χ2v) is 7.78. The lowest BCUT2D eigenvalue weighted by Crippen LogP contribution is -2.22. The zero-order valence-electron chi connectivity index (χ0n) is 13.3. The number of aryl methyl sites for hydroxylation is 1. The number of pyridine rings is 1. The summed E-state index contributed by atoms with van der Waals surface area (Å²) in [4.78, 5) is 23.0. The van der Waals surface area contributed by atoms with Crippen molar-refractivity contribution in [2.24, 2.45) is 11.3 Å². The van der Waals surface area contributed by atoms with Crippen LogP contribution < -0.4 is 5.90 Å². The summed E-state index contributed by atoms with van der Waals surface area (Å²) >= 11 is 1.54. The monoisotopic (exact) mass is 332 g/mol. The van der Waals surface area contributed by atoms with E-state index in [1.165, 1.54) is 4.88 Å². The highest BCUT2D eigenvalue weighted by Gasteiger charge is 2.33. The number of aromatic nitrogens is 1. The molecule has 0 radical (unpaired) electrons. The summed E-state index contributed by atoms with van der Waals surface area (Å²) in [5.74, 6) is 4.31. The fourth-order valence-corrected chi connectivity index (χ4v) is 4.50. The molecule has 3 N–H and O–H groups in total. The fraction of sp³-hybridized carbons (Fsp3) is 0.412. The molecule has 5 nitrogen and oxygen atoms in total. The van der Waals surface area contributed by atoms with Crippen molar-refractivity contribution in [1.29, 1.82) is 0 Å². The number of nitrogens with zero attached hydrogens (tertiary/aromatic N) is 1. The van der Waals surface area contributed by atoms with E-state index in [9.17, 15) is 9.90 Å². The van der Waals surface area contributed by atoms with Crippen molar-refractivity contribution in [3.63, 3.8) is 0 Å². The highest BCUT2D eigenvalue weighted by Crippen LogP contribution is 2.45. The molecule has 0 bridgehead atoms. The van der Waals surface area contributed by atoms with Crippen LogP contribution >= 0.6 is 11.3 Å². The van der Waals surface area contributed by atoms with E-state index in [0.29, 0.717) is 16.1 Å². The SMILES string of the molecule is CC1(C)CCc2sc(-c3ncccc3CON)c(C(=O)O)c2C1. The summed E-state index contributed by atoms with van der Waals surface area (Å²) in [6.45, 7) is 4.58. The molecular formula is C17H20N2O3S. The van der Waals surface area contributed by atoms with Crippen LogP contribution in [0, 0.1) is 5.41 Å². The second kappa shape index (κ2) is 6.03. The lowest BCUT2D eigenvalue weighted by atomic mass is 9.76. The molecule has 0 fully saturated rings. The van der Waals surface area contributed by atoms with Crippen molar-refractivity contribution in [3.8, 4) is 10.6 Å². The van der Waals surface area contributed by atoms with Crippen LogP contribution in [0.4, 0.5) is 0 Å². The average molecular weight is 332 g/mol. The first kappa shape index (κ1) is 16.1. The number of carboxylic acid groups (broad SMARTS) is 1. The standard InChI is InChI=1S/C17H20N2O3S/c1-17(2)6-5-12-11(8-17)13(16(20)21)15(23-12)14-10(9-22-18)4-3-7-19-14/h3-4,7H,5-6,8-9,18H2,1-2H3,(H,20,21).